The van der Waals surface area contributed by atoms with Crippen molar-refractivity contribution in [1.29, 1.82) is 0 Å². The molecule has 3 nitrogen and oxygen atoms in total. The van der Waals surface area contributed by atoms with Crippen LogP contribution in [0.3, 0.4) is 0 Å². The van der Waals surface area contributed by atoms with Crippen molar-refractivity contribution in [1.82, 2.24) is 4.98 Å². The van der Waals surface area contributed by atoms with E-state index in [1.807, 2.05) is 24.3 Å². The molecule has 2 aromatic heterocycles. The Balaban J connectivity index is 2.13. The Bertz CT molecular complexity index is 714. The molecule has 3 aromatic rings. The summed E-state index contributed by atoms with van der Waals surface area (Å²) in [7, 11) is 0. The number of aliphatic hydroxyl groups excluding tert-OH is 1. The third kappa shape index (κ3) is 2.33. The number of fused-ring (bicyclic) bond motifs is 1. The second kappa shape index (κ2) is 5.07. The highest BCUT2D eigenvalue weighted by molar-refractivity contribution is 9.13. The van der Waals surface area contributed by atoms with Gasteiger partial charge in [0.05, 0.1) is 4.47 Å². The van der Waals surface area contributed by atoms with Gasteiger partial charge in [0, 0.05) is 17.8 Å². The maximum atomic E-state index is 10.5. The van der Waals surface area contributed by atoms with E-state index in [1.54, 1.807) is 18.5 Å². The zero-order chi connectivity index (χ0) is 13.4. The van der Waals surface area contributed by atoms with E-state index >= 15 is 0 Å². The molecule has 0 saturated carbocycles. The van der Waals surface area contributed by atoms with Gasteiger partial charge in [0.15, 0.2) is 4.67 Å². The molecule has 1 atom stereocenters. The van der Waals surface area contributed by atoms with Crippen molar-refractivity contribution in [2.75, 3.05) is 0 Å². The second-order valence-electron chi connectivity index (χ2n) is 4.12. The molecule has 19 heavy (non-hydrogen) atoms. The van der Waals surface area contributed by atoms with Gasteiger partial charge >= 0.3 is 0 Å². The highest BCUT2D eigenvalue weighted by Gasteiger charge is 2.18. The molecule has 0 saturated heterocycles. The van der Waals surface area contributed by atoms with E-state index in [0.717, 1.165) is 20.8 Å². The molecule has 2 heterocycles. The summed E-state index contributed by atoms with van der Waals surface area (Å²) in [5, 5.41) is 12.4. The molecule has 1 aromatic carbocycles. The Hall–Kier alpha value is -1.17. The van der Waals surface area contributed by atoms with Gasteiger partial charge < -0.3 is 9.52 Å². The molecule has 0 fully saturated rings. The zero-order valence-electron chi connectivity index (χ0n) is 9.68. The number of benzene rings is 1. The number of rotatable bonds is 2. The van der Waals surface area contributed by atoms with Crippen molar-refractivity contribution >= 4 is 42.6 Å². The van der Waals surface area contributed by atoms with Crippen LogP contribution in [0.4, 0.5) is 0 Å². The van der Waals surface area contributed by atoms with Crippen molar-refractivity contribution in [3.8, 4) is 0 Å². The predicted octanol–water partition coefficient (Wildman–Crippen LogP) is 4.43. The Labute approximate surface area is 126 Å². The number of furan rings is 1. The summed E-state index contributed by atoms with van der Waals surface area (Å²) in [5.74, 6) is 0.482. The smallest absolute Gasteiger partial charge is 0.183 e. The van der Waals surface area contributed by atoms with Crippen LogP contribution >= 0.6 is 31.9 Å². The second-order valence-corrected chi connectivity index (χ2v) is 5.69. The van der Waals surface area contributed by atoms with Gasteiger partial charge in [-0.2, -0.15) is 0 Å². The Kier molecular flexibility index (Phi) is 3.43. The normalized spacial score (nSPS) is 12.8. The van der Waals surface area contributed by atoms with E-state index in [2.05, 4.69) is 36.8 Å². The van der Waals surface area contributed by atoms with Crippen LogP contribution in [0.1, 0.15) is 17.4 Å². The summed E-state index contributed by atoms with van der Waals surface area (Å²) in [6.07, 6.45) is 2.66. The molecule has 0 amide bonds. The number of pyridine rings is 1. The number of hydrogen-bond acceptors (Lipinski definition) is 3. The zero-order valence-corrected chi connectivity index (χ0v) is 12.8. The molecule has 0 aliphatic rings. The summed E-state index contributed by atoms with van der Waals surface area (Å²) in [6, 6.07) is 9.44. The predicted molar refractivity (Wildman–Crippen MR) is 79.9 cm³/mol. The maximum absolute atomic E-state index is 10.5. The van der Waals surface area contributed by atoms with E-state index in [1.165, 1.54) is 0 Å². The highest BCUT2D eigenvalue weighted by atomic mass is 79.9. The fraction of sp³-hybridized carbons (Fsp3) is 0.0714. The largest absolute Gasteiger partial charge is 0.450 e. The Morgan fingerprint density at radius 1 is 1.21 bits per heavy atom. The summed E-state index contributed by atoms with van der Waals surface area (Å²) < 4.78 is 6.83. The van der Waals surface area contributed by atoms with Crippen LogP contribution in [0.15, 0.2) is 56.3 Å². The summed E-state index contributed by atoms with van der Waals surface area (Å²) in [6.45, 7) is 0. The lowest BCUT2D eigenvalue weighted by Gasteiger charge is -2.11. The number of nitrogens with zero attached hydrogens (tertiary/aromatic N) is 1. The van der Waals surface area contributed by atoms with Gasteiger partial charge in [0.1, 0.15) is 11.9 Å². The van der Waals surface area contributed by atoms with Gasteiger partial charge in [0.25, 0.3) is 0 Å². The summed E-state index contributed by atoms with van der Waals surface area (Å²) >= 11 is 6.61. The minimum absolute atomic E-state index is 0.482. The van der Waals surface area contributed by atoms with E-state index in [-0.39, 0.29) is 0 Å². The number of aliphatic hydroxyl groups is 1. The van der Waals surface area contributed by atoms with Crippen molar-refractivity contribution < 1.29 is 9.52 Å². The minimum atomic E-state index is -0.824. The van der Waals surface area contributed by atoms with E-state index in [4.69, 9.17) is 4.42 Å². The van der Waals surface area contributed by atoms with E-state index in [0.29, 0.717) is 10.4 Å². The lowest BCUT2D eigenvalue weighted by molar-refractivity contribution is 0.189. The van der Waals surface area contributed by atoms with Crippen molar-refractivity contribution in [2.45, 2.75) is 6.10 Å². The molecule has 0 aliphatic carbocycles. The minimum Gasteiger partial charge on any atom is -0.450 e. The van der Waals surface area contributed by atoms with Gasteiger partial charge in [-0.3, -0.25) is 4.98 Å². The molecule has 0 bridgehead atoms. The van der Waals surface area contributed by atoms with Crippen LogP contribution in [0, 0.1) is 0 Å². The average molecular weight is 383 g/mol. The molecule has 1 N–H and O–H groups in total. The van der Waals surface area contributed by atoms with Gasteiger partial charge in [-0.25, -0.2) is 0 Å². The van der Waals surface area contributed by atoms with E-state index < -0.39 is 6.10 Å². The topological polar surface area (TPSA) is 46.3 Å². The number of halogens is 2. The maximum Gasteiger partial charge on any atom is 0.183 e. The first-order valence-corrected chi connectivity index (χ1v) is 7.21. The van der Waals surface area contributed by atoms with Crippen LogP contribution in [0.25, 0.3) is 10.8 Å². The van der Waals surface area contributed by atoms with Crippen molar-refractivity contribution in [3.63, 3.8) is 0 Å². The number of aromatic nitrogens is 1. The molecule has 5 heteroatoms. The molecule has 1 unspecified atom stereocenters. The summed E-state index contributed by atoms with van der Waals surface area (Å²) in [5.41, 5.74) is 0.777. The van der Waals surface area contributed by atoms with Crippen molar-refractivity contribution in [3.05, 3.63) is 63.2 Å². The van der Waals surface area contributed by atoms with Crippen molar-refractivity contribution in [2.24, 2.45) is 0 Å². The molecular weight excluding hydrogens is 374 g/mol. The molecule has 96 valence electrons. The first-order chi connectivity index (χ1) is 9.16. The third-order valence-corrected chi connectivity index (χ3v) is 4.66. The SMILES string of the molecule is OC(c1cc(Br)c(Br)o1)c1cccc2ccncc12. The Morgan fingerprint density at radius 2 is 2.05 bits per heavy atom. The van der Waals surface area contributed by atoms with Gasteiger partial charge in [-0.1, -0.05) is 18.2 Å². The lowest BCUT2D eigenvalue weighted by Crippen LogP contribution is -1.99. The van der Waals surface area contributed by atoms with Crippen LogP contribution in [-0.2, 0) is 0 Å². The van der Waals surface area contributed by atoms with Crippen LogP contribution in [0.5, 0.6) is 0 Å². The van der Waals surface area contributed by atoms with Crippen LogP contribution < -0.4 is 0 Å². The fourth-order valence-corrected chi connectivity index (χ4v) is 2.63. The first-order valence-electron chi connectivity index (χ1n) is 5.62. The monoisotopic (exact) mass is 381 g/mol. The van der Waals surface area contributed by atoms with Crippen LogP contribution in [-0.4, -0.2) is 10.1 Å². The molecular formula is C14H9Br2NO2. The van der Waals surface area contributed by atoms with E-state index in [9.17, 15) is 5.11 Å². The average Bonchev–Trinajstić information content (AvgIpc) is 2.77. The summed E-state index contributed by atoms with van der Waals surface area (Å²) in [4.78, 5) is 4.11. The number of hydrogen-bond donors (Lipinski definition) is 1. The van der Waals surface area contributed by atoms with Gasteiger partial charge in [0.2, 0.25) is 0 Å². The lowest BCUT2D eigenvalue weighted by atomic mass is 10.0. The standard InChI is InChI=1S/C14H9Br2NO2/c15-11-6-12(19-14(11)16)13(18)9-3-1-2-8-4-5-17-7-10(8)9/h1-7,13,18H. The molecule has 0 radical (unpaired) electrons. The first kappa shape index (κ1) is 12.8. The van der Waals surface area contributed by atoms with Gasteiger partial charge in [-0.05, 0) is 54.9 Å². The Morgan fingerprint density at radius 3 is 2.79 bits per heavy atom. The molecule has 0 spiro atoms. The molecule has 3 rings (SSSR count). The highest BCUT2D eigenvalue weighted by Crippen LogP contribution is 2.34. The third-order valence-electron chi connectivity index (χ3n) is 2.95. The molecule has 0 aliphatic heterocycles. The fourth-order valence-electron chi connectivity index (χ4n) is 2.03. The van der Waals surface area contributed by atoms with Crippen LogP contribution in [0.2, 0.25) is 0 Å². The quantitative estimate of drug-likeness (QED) is 0.712. The van der Waals surface area contributed by atoms with Gasteiger partial charge in [-0.15, -0.1) is 0 Å².